The summed E-state index contributed by atoms with van der Waals surface area (Å²) in [7, 11) is 0. The summed E-state index contributed by atoms with van der Waals surface area (Å²) in [6.45, 7) is 1.88. The van der Waals surface area contributed by atoms with Gasteiger partial charge in [-0.1, -0.05) is 0 Å². The van der Waals surface area contributed by atoms with Crippen LogP contribution in [-0.2, 0) is 0 Å². The number of nitrogens with zero attached hydrogens (tertiary/aromatic N) is 1. The molecule has 2 aromatic rings. The SMILES string of the molecule is Cc1nc2c(N)cc(F)cc2s1. The van der Waals surface area contributed by atoms with Crippen LogP contribution < -0.4 is 5.73 Å². The van der Waals surface area contributed by atoms with Gasteiger partial charge in [0.25, 0.3) is 0 Å². The summed E-state index contributed by atoms with van der Waals surface area (Å²) in [5.74, 6) is -0.302. The van der Waals surface area contributed by atoms with Gasteiger partial charge in [0.2, 0.25) is 0 Å². The number of nitrogen functional groups attached to an aromatic ring is 1. The molecule has 1 aromatic carbocycles. The second kappa shape index (κ2) is 2.42. The Balaban J connectivity index is 2.88. The lowest BCUT2D eigenvalue weighted by Crippen LogP contribution is -1.87. The van der Waals surface area contributed by atoms with Gasteiger partial charge in [0.15, 0.2) is 0 Å². The molecule has 0 aliphatic carbocycles. The van der Waals surface area contributed by atoms with Crippen molar-refractivity contribution in [1.29, 1.82) is 0 Å². The standard InChI is InChI=1S/C8H7FN2S/c1-4-11-8-6(10)2-5(9)3-7(8)12-4/h2-3H,10H2,1H3. The predicted molar refractivity (Wildman–Crippen MR) is 48.7 cm³/mol. The van der Waals surface area contributed by atoms with Gasteiger partial charge in [-0.3, -0.25) is 0 Å². The maximum absolute atomic E-state index is 12.8. The largest absolute Gasteiger partial charge is 0.397 e. The fourth-order valence-corrected chi connectivity index (χ4v) is 2.02. The third-order valence-corrected chi connectivity index (χ3v) is 2.51. The molecule has 12 heavy (non-hydrogen) atoms. The second-order valence-electron chi connectivity index (χ2n) is 2.57. The molecular weight excluding hydrogens is 175 g/mol. The molecule has 1 aromatic heterocycles. The molecule has 0 aliphatic heterocycles. The van der Waals surface area contributed by atoms with E-state index in [4.69, 9.17) is 5.73 Å². The van der Waals surface area contributed by atoms with E-state index in [-0.39, 0.29) is 5.82 Å². The van der Waals surface area contributed by atoms with E-state index in [9.17, 15) is 4.39 Å². The number of aryl methyl sites for hydroxylation is 1. The number of hydrogen-bond donors (Lipinski definition) is 1. The van der Waals surface area contributed by atoms with E-state index >= 15 is 0 Å². The minimum Gasteiger partial charge on any atom is -0.397 e. The van der Waals surface area contributed by atoms with E-state index in [1.54, 1.807) is 0 Å². The molecule has 2 nitrogen and oxygen atoms in total. The lowest BCUT2D eigenvalue weighted by atomic mass is 10.3. The zero-order valence-electron chi connectivity index (χ0n) is 6.47. The van der Waals surface area contributed by atoms with Gasteiger partial charge in [-0.25, -0.2) is 9.37 Å². The van der Waals surface area contributed by atoms with Crippen molar-refractivity contribution in [3.8, 4) is 0 Å². The number of hydrogen-bond acceptors (Lipinski definition) is 3. The van der Waals surface area contributed by atoms with Crippen LogP contribution in [-0.4, -0.2) is 4.98 Å². The first kappa shape index (κ1) is 7.49. The first-order chi connectivity index (χ1) is 5.66. The maximum atomic E-state index is 12.8. The van der Waals surface area contributed by atoms with Crippen LogP contribution >= 0.6 is 11.3 Å². The fourth-order valence-electron chi connectivity index (χ4n) is 1.13. The highest BCUT2D eigenvalue weighted by atomic mass is 32.1. The average molecular weight is 182 g/mol. The molecule has 2 rings (SSSR count). The topological polar surface area (TPSA) is 38.9 Å². The van der Waals surface area contributed by atoms with Crippen molar-refractivity contribution in [3.05, 3.63) is 23.0 Å². The lowest BCUT2D eigenvalue weighted by molar-refractivity contribution is 0.630. The number of nitrogens with two attached hydrogens (primary N) is 1. The molecule has 0 bridgehead atoms. The van der Waals surface area contributed by atoms with Crippen LogP contribution in [0.2, 0.25) is 0 Å². The van der Waals surface area contributed by atoms with E-state index in [2.05, 4.69) is 4.98 Å². The normalized spacial score (nSPS) is 10.8. The molecule has 4 heteroatoms. The van der Waals surface area contributed by atoms with Crippen LogP contribution in [0.1, 0.15) is 5.01 Å². The molecule has 0 atom stereocenters. The molecule has 1 heterocycles. The molecule has 0 saturated heterocycles. The van der Waals surface area contributed by atoms with Crippen molar-refractivity contribution in [1.82, 2.24) is 4.98 Å². The molecule has 0 amide bonds. The zero-order chi connectivity index (χ0) is 8.72. The minimum atomic E-state index is -0.302. The first-order valence-electron chi connectivity index (χ1n) is 3.49. The molecule has 0 spiro atoms. The summed E-state index contributed by atoms with van der Waals surface area (Å²) in [5.41, 5.74) is 6.69. The molecule has 2 N–H and O–H groups in total. The molecule has 0 radical (unpaired) electrons. The highest BCUT2D eigenvalue weighted by Crippen LogP contribution is 2.26. The number of rotatable bonds is 0. The Morgan fingerprint density at radius 1 is 1.50 bits per heavy atom. The molecule has 0 aliphatic rings. The third-order valence-electron chi connectivity index (χ3n) is 1.60. The first-order valence-corrected chi connectivity index (χ1v) is 4.30. The summed E-state index contributed by atoms with van der Waals surface area (Å²) < 4.78 is 13.6. The van der Waals surface area contributed by atoms with Crippen LogP contribution in [0.25, 0.3) is 10.2 Å². The minimum absolute atomic E-state index is 0.302. The summed E-state index contributed by atoms with van der Waals surface area (Å²) in [6.07, 6.45) is 0. The van der Waals surface area contributed by atoms with Gasteiger partial charge in [-0.2, -0.15) is 0 Å². The van der Waals surface area contributed by atoms with E-state index < -0.39 is 0 Å². The van der Waals surface area contributed by atoms with Crippen molar-refractivity contribution in [2.45, 2.75) is 6.92 Å². The quantitative estimate of drug-likeness (QED) is 0.635. The van der Waals surface area contributed by atoms with Gasteiger partial charge in [0.1, 0.15) is 11.3 Å². The number of halogens is 1. The Morgan fingerprint density at radius 3 is 3.00 bits per heavy atom. The maximum Gasteiger partial charge on any atom is 0.126 e. The molecule has 62 valence electrons. The Hall–Kier alpha value is -1.16. The van der Waals surface area contributed by atoms with Gasteiger partial charge >= 0.3 is 0 Å². The lowest BCUT2D eigenvalue weighted by Gasteiger charge is -1.93. The van der Waals surface area contributed by atoms with Crippen molar-refractivity contribution >= 4 is 27.2 Å². The Morgan fingerprint density at radius 2 is 2.25 bits per heavy atom. The Bertz CT molecular complexity index is 436. The third kappa shape index (κ3) is 1.04. The van der Waals surface area contributed by atoms with Gasteiger partial charge < -0.3 is 5.73 Å². The monoisotopic (exact) mass is 182 g/mol. The average Bonchev–Trinajstić information content (AvgIpc) is 2.29. The van der Waals surface area contributed by atoms with Crippen LogP contribution in [0.15, 0.2) is 12.1 Å². The van der Waals surface area contributed by atoms with E-state index in [1.807, 2.05) is 6.92 Å². The summed E-state index contributed by atoms with van der Waals surface area (Å²) in [5, 5.41) is 0.905. The number of anilines is 1. The Kier molecular flexibility index (Phi) is 1.51. The summed E-state index contributed by atoms with van der Waals surface area (Å²) in [6, 6.07) is 2.75. The van der Waals surface area contributed by atoms with Crippen molar-refractivity contribution in [2.75, 3.05) is 5.73 Å². The molecule has 0 saturated carbocycles. The number of aromatic nitrogens is 1. The van der Waals surface area contributed by atoms with Gasteiger partial charge in [0, 0.05) is 0 Å². The highest BCUT2D eigenvalue weighted by Gasteiger charge is 2.05. The van der Waals surface area contributed by atoms with E-state index in [1.165, 1.54) is 23.5 Å². The zero-order valence-corrected chi connectivity index (χ0v) is 7.28. The predicted octanol–water partition coefficient (Wildman–Crippen LogP) is 2.33. The Labute approximate surface area is 72.8 Å². The number of fused-ring (bicyclic) bond motifs is 1. The van der Waals surface area contributed by atoms with E-state index in [0.29, 0.717) is 11.2 Å². The van der Waals surface area contributed by atoms with Crippen LogP contribution in [0.3, 0.4) is 0 Å². The highest BCUT2D eigenvalue weighted by molar-refractivity contribution is 7.18. The van der Waals surface area contributed by atoms with Gasteiger partial charge in [0.05, 0.1) is 15.4 Å². The van der Waals surface area contributed by atoms with Gasteiger partial charge in [-0.15, -0.1) is 11.3 Å². The van der Waals surface area contributed by atoms with Crippen LogP contribution in [0, 0.1) is 12.7 Å². The van der Waals surface area contributed by atoms with Crippen molar-refractivity contribution < 1.29 is 4.39 Å². The number of benzene rings is 1. The smallest absolute Gasteiger partial charge is 0.126 e. The van der Waals surface area contributed by atoms with Crippen LogP contribution in [0.5, 0.6) is 0 Å². The second-order valence-corrected chi connectivity index (χ2v) is 3.81. The van der Waals surface area contributed by atoms with E-state index in [0.717, 1.165) is 9.71 Å². The molecule has 0 unspecified atom stereocenters. The van der Waals surface area contributed by atoms with Crippen molar-refractivity contribution in [2.24, 2.45) is 0 Å². The molecule has 0 fully saturated rings. The fraction of sp³-hybridized carbons (Fsp3) is 0.125. The summed E-state index contributed by atoms with van der Waals surface area (Å²) >= 11 is 1.45. The summed E-state index contributed by atoms with van der Waals surface area (Å²) in [4.78, 5) is 4.18. The van der Waals surface area contributed by atoms with Gasteiger partial charge in [-0.05, 0) is 19.1 Å². The molecular formula is C8H7FN2S. The number of thiazole rings is 1. The van der Waals surface area contributed by atoms with Crippen LogP contribution in [0.4, 0.5) is 10.1 Å². The van der Waals surface area contributed by atoms with Crippen molar-refractivity contribution in [3.63, 3.8) is 0 Å².